The van der Waals surface area contributed by atoms with Crippen LogP contribution in [-0.4, -0.2) is 16.8 Å². The van der Waals surface area contributed by atoms with Crippen LogP contribution in [0.25, 0.3) is 0 Å². The Hall–Kier alpha value is -1.02. The summed E-state index contributed by atoms with van der Waals surface area (Å²) in [6, 6.07) is 7.51. The molecule has 0 spiro atoms. The molecule has 1 aromatic rings. The third kappa shape index (κ3) is 3.24. The predicted molar refractivity (Wildman–Crippen MR) is 68.0 cm³/mol. The molecule has 0 saturated carbocycles. The number of hydrogen-bond acceptors (Lipinski definition) is 1. The van der Waals surface area contributed by atoms with Crippen molar-refractivity contribution in [3.8, 4) is 0 Å². The highest BCUT2D eigenvalue weighted by molar-refractivity contribution is 6.21. The average molecular weight is 240 g/mol. The summed E-state index contributed by atoms with van der Waals surface area (Å²) in [7, 11) is 0. The second-order valence-corrected chi connectivity index (χ2v) is 5.32. The Morgan fingerprint density at radius 2 is 2.06 bits per heavy atom. The lowest BCUT2D eigenvalue weighted by Gasteiger charge is -2.29. The maximum absolute atomic E-state index is 11.9. The summed E-state index contributed by atoms with van der Waals surface area (Å²) in [4.78, 5) is 11.9. The molecule has 0 aliphatic rings. The first-order valence-corrected chi connectivity index (χ1v) is 5.80. The largest absolute Gasteiger partial charge is 0.346 e. The first-order chi connectivity index (χ1) is 7.33. The SMILES string of the molecule is Cc1cccc(C(=O)NC(C)(C)C(C)Cl)c1. The van der Waals surface area contributed by atoms with E-state index in [9.17, 15) is 4.79 Å². The standard InChI is InChI=1S/C13H18ClNO/c1-9-6-5-7-11(8-9)12(16)15-13(3,4)10(2)14/h5-8,10H,1-4H3,(H,15,16). The van der Waals surface area contributed by atoms with Crippen molar-refractivity contribution in [1.29, 1.82) is 0 Å². The molecular formula is C13H18ClNO. The zero-order valence-corrected chi connectivity index (χ0v) is 10.9. The highest BCUT2D eigenvalue weighted by Crippen LogP contribution is 2.15. The first kappa shape index (κ1) is 13.0. The molecule has 88 valence electrons. The molecule has 0 bridgehead atoms. The molecule has 1 rings (SSSR count). The molecule has 0 heterocycles. The van der Waals surface area contributed by atoms with Gasteiger partial charge in [0.1, 0.15) is 0 Å². The molecule has 0 aromatic heterocycles. The third-order valence-electron chi connectivity index (χ3n) is 2.71. The summed E-state index contributed by atoms with van der Waals surface area (Å²) in [6.45, 7) is 7.67. The molecule has 0 fully saturated rings. The lowest BCUT2D eigenvalue weighted by molar-refractivity contribution is 0.0912. The Morgan fingerprint density at radius 1 is 1.44 bits per heavy atom. The smallest absolute Gasteiger partial charge is 0.251 e. The number of halogens is 1. The van der Waals surface area contributed by atoms with E-state index in [-0.39, 0.29) is 11.3 Å². The molecule has 0 aliphatic heterocycles. The van der Waals surface area contributed by atoms with Crippen molar-refractivity contribution in [2.75, 3.05) is 0 Å². The van der Waals surface area contributed by atoms with Crippen LogP contribution in [0.5, 0.6) is 0 Å². The second kappa shape index (κ2) is 4.88. The number of amides is 1. The molecule has 1 N–H and O–H groups in total. The van der Waals surface area contributed by atoms with Crippen molar-refractivity contribution in [2.24, 2.45) is 0 Å². The fourth-order valence-corrected chi connectivity index (χ4v) is 1.31. The molecule has 1 atom stereocenters. The maximum Gasteiger partial charge on any atom is 0.251 e. The van der Waals surface area contributed by atoms with Gasteiger partial charge in [-0.2, -0.15) is 0 Å². The molecule has 1 aromatic carbocycles. The summed E-state index contributed by atoms with van der Waals surface area (Å²) in [5.74, 6) is -0.0822. The van der Waals surface area contributed by atoms with Crippen LogP contribution in [-0.2, 0) is 0 Å². The summed E-state index contributed by atoms with van der Waals surface area (Å²) >= 11 is 6.02. The van der Waals surface area contributed by atoms with Crippen molar-refractivity contribution >= 4 is 17.5 Å². The van der Waals surface area contributed by atoms with Gasteiger partial charge in [-0.15, -0.1) is 11.6 Å². The Kier molecular flexibility index (Phi) is 3.98. The summed E-state index contributed by atoms with van der Waals surface area (Å²) in [5.41, 5.74) is 1.33. The van der Waals surface area contributed by atoms with Gasteiger partial charge in [0.15, 0.2) is 0 Å². The van der Waals surface area contributed by atoms with Gasteiger partial charge < -0.3 is 5.32 Å². The number of hydrogen-bond donors (Lipinski definition) is 1. The van der Waals surface area contributed by atoms with Crippen LogP contribution >= 0.6 is 11.6 Å². The van der Waals surface area contributed by atoms with E-state index in [1.807, 2.05) is 45.9 Å². The van der Waals surface area contributed by atoms with E-state index in [0.717, 1.165) is 5.56 Å². The van der Waals surface area contributed by atoms with Crippen molar-refractivity contribution < 1.29 is 4.79 Å². The predicted octanol–water partition coefficient (Wildman–Crippen LogP) is 3.13. The number of aryl methyl sites for hydroxylation is 1. The van der Waals surface area contributed by atoms with Gasteiger partial charge in [-0.3, -0.25) is 4.79 Å². The zero-order valence-electron chi connectivity index (χ0n) is 10.2. The van der Waals surface area contributed by atoms with E-state index < -0.39 is 5.54 Å². The number of rotatable bonds is 3. The summed E-state index contributed by atoms with van der Waals surface area (Å²) in [5, 5.41) is 2.80. The van der Waals surface area contributed by atoms with Crippen LogP contribution in [0, 0.1) is 6.92 Å². The number of benzene rings is 1. The number of carbonyl (C=O) groups excluding carboxylic acids is 1. The maximum atomic E-state index is 11.9. The van der Waals surface area contributed by atoms with Gasteiger partial charge in [0, 0.05) is 5.56 Å². The third-order valence-corrected chi connectivity index (χ3v) is 3.26. The summed E-state index contributed by atoms with van der Waals surface area (Å²) < 4.78 is 0. The van der Waals surface area contributed by atoms with Gasteiger partial charge in [-0.25, -0.2) is 0 Å². The molecule has 2 nitrogen and oxygen atoms in total. The zero-order chi connectivity index (χ0) is 12.3. The van der Waals surface area contributed by atoms with Gasteiger partial charge in [0.05, 0.1) is 10.9 Å². The number of alkyl halides is 1. The minimum Gasteiger partial charge on any atom is -0.346 e. The lowest BCUT2D eigenvalue weighted by atomic mass is 10.0. The van der Waals surface area contributed by atoms with E-state index in [1.54, 1.807) is 6.07 Å². The minimum absolute atomic E-state index is 0.0822. The van der Waals surface area contributed by atoms with Crippen LogP contribution in [0.2, 0.25) is 0 Å². The molecule has 0 aliphatic carbocycles. The van der Waals surface area contributed by atoms with E-state index >= 15 is 0 Å². The second-order valence-electron chi connectivity index (χ2n) is 4.66. The van der Waals surface area contributed by atoms with Crippen LogP contribution in [0.3, 0.4) is 0 Å². The van der Waals surface area contributed by atoms with Crippen molar-refractivity contribution in [3.05, 3.63) is 35.4 Å². The van der Waals surface area contributed by atoms with Gasteiger partial charge in [-0.1, -0.05) is 17.7 Å². The Balaban J connectivity index is 2.81. The molecule has 1 amide bonds. The fraction of sp³-hybridized carbons (Fsp3) is 0.462. The molecular weight excluding hydrogens is 222 g/mol. The average Bonchev–Trinajstić information content (AvgIpc) is 2.16. The van der Waals surface area contributed by atoms with Crippen LogP contribution in [0.15, 0.2) is 24.3 Å². The normalized spacial score (nSPS) is 13.3. The van der Waals surface area contributed by atoms with E-state index in [4.69, 9.17) is 11.6 Å². The Labute approximate surface area is 102 Å². The van der Waals surface area contributed by atoms with Gasteiger partial charge in [-0.05, 0) is 39.8 Å². The Bertz CT molecular complexity index is 385. The molecule has 1 unspecified atom stereocenters. The van der Waals surface area contributed by atoms with Crippen molar-refractivity contribution in [3.63, 3.8) is 0 Å². The quantitative estimate of drug-likeness (QED) is 0.807. The molecule has 16 heavy (non-hydrogen) atoms. The monoisotopic (exact) mass is 239 g/mol. The highest BCUT2D eigenvalue weighted by Gasteiger charge is 2.26. The topological polar surface area (TPSA) is 29.1 Å². The van der Waals surface area contributed by atoms with Gasteiger partial charge >= 0.3 is 0 Å². The van der Waals surface area contributed by atoms with Crippen molar-refractivity contribution in [1.82, 2.24) is 5.32 Å². The van der Waals surface area contributed by atoms with E-state index in [0.29, 0.717) is 5.56 Å². The summed E-state index contributed by atoms with van der Waals surface area (Å²) in [6.07, 6.45) is 0. The number of carbonyl (C=O) groups is 1. The van der Waals surface area contributed by atoms with Crippen LogP contribution < -0.4 is 5.32 Å². The number of nitrogens with one attached hydrogen (secondary N) is 1. The fourth-order valence-electron chi connectivity index (χ4n) is 1.25. The van der Waals surface area contributed by atoms with Crippen molar-refractivity contribution in [2.45, 2.75) is 38.6 Å². The lowest BCUT2D eigenvalue weighted by Crippen LogP contribution is -2.49. The first-order valence-electron chi connectivity index (χ1n) is 5.36. The van der Waals surface area contributed by atoms with Crippen LogP contribution in [0.1, 0.15) is 36.7 Å². The molecule has 3 heteroatoms. The van der Waals surface area contributed by atoms with Gasteiger partial charge in [0.2, 0.25) is 0 Å². The van der Waals surface area contributed by atoms with E-state index in [1.165, 1.54) is 0 Å². The highest BCUT2D eigenvalue weighted by atomic mass is 35.5. The van der Waals surface area contributed by atoms with Gasteiger partial charge in [0.25, 0.3) is 5.91 Å². The molecule has 0 radical (unpaired) electrons. The molecule has 0 saturated heterocycles. The Morgan fingerprint density at radius 3 is 2.56 bits per heavy atom. The van der Waals surface area contributed by atoms with E-state index in [2.05, 4.69) is 5.32 Å². The minimum atomic E-state index is -0.414. The van der Waals surface area contributed by atoms with Crippen LogP contribution in [0.4, 0.5) is 0 Å².